The molecular formula is C17H24BF3O4. The zero-order chi connectivity index (χ0) is 19.3. The van der Waals surface area contributed by atoms with Crippen molar-refractivity contribution in [2.45, 2.75) is 64.5 Å². The van der Waals surface area contributed by atoms with Crippen molar-refractivity contribution >= 4 is 12.6 Å². The molecule has 25 heavy (non-hydrogen) atoms. The molecule has 1 heterocycles. The maximum absolute atomic E-state index is 12.6. The molecule has 1 aromatic rings. The highest BCUT2D eigenvalue weighted by atomic mass is 19.4. The van der Waals surface area contributed by atoms with Gasteiger partial charge in [-0.25, -0.2) is 0 Å². The van der Waals surface area contributed by atoms with Crippen molar-refractivity contribution < 1.29 is 32.3 Å². The third kappa shape index (κ3) is 4.48. The number of hydrogen-bond donors (Lipinski definition) is 1. The summed E-state index contributed by atoms with van der Waals surface area (Å²) in [5.41, 5.74) is -1.69. The van der Waals surface area contributed by atoms with Crippen molar-refractivity contribution in [3.05, 3.63) is 23.8 Å². The van der Waals surface area contributed by atoms with Crippen molar-refractivity contribution in [3.63, 3.8) is 0 Å². The minimum atomic E-state index is -4.47. The highest BCUT2D eigenvalue weighted by Crippen LogP contribution is 2.37. The van der Waals surface area contributed by atoms with Crippen LogP contribution >= 0.6 is 0 Å². The van der Waals surface area contributed by atoms with Crippen LogP contribution < -0.4 is 10.2 Å². The van der Waals surface area contributed by atoms with Crippen LogP contribution in [-0.4, -0.2) is 36.2 Å². The molecule has 0 unspecified atom stereocenters. The van der Waals surface area contributed by atoms with Gasteiger partial charge in [-0.15, -0.1) is 0 Å². The molecule has 0 amide bonds. The Bertz CT molecular complexity index is 620. The largest absolute Gasteiger partial charge is 0.498 e. The summed E-state index contributed by atoms with van der Waals surface area (Å²) in [6.07, 6.45) is -4.47. The normalized spacial score (nSPS) is 20.0. The Balaban J connectivity index is 2.40. The van der Waals surface area contributed by atoms with E-state index in [-0.39, 0.29) is 5.75 Å². The minimum Gasteiger partial charge on any atom is -0.484 e. The Kier molecular flexibility index (Phi) is 4.96. The van der Waals surface area contributed by atoms with E-state index in [0.717, 1.165) is 0 Å². The first-order valence-electron chi connectivity index (χ1n) is 8.04. The second-order valence-corrected chi connectivity index (χ2v) is 7.80. The molecule has 1 aliphatic rings. The first-order valence-corrected chi connectivity index (χ1v) is 8.04. The molecule has 0 atom stereocenters. The molecule has 8 heteroatoms. The summed E-state index contributed by atoms with van der Waals surface area (Å²) >= 11 is 0. The lowest BCUT2D eigenvalue weighted by atomic mass is 9.77. The SMILES string of the molecule is CC(C)(O)c1ccc(B2OC(C)(C)C(C)(C)O2)c(OCC(F)(F)F)c1. The van der Waals surface area contributed by atoms with E-state index < -0.39 is 36.7 Å². The monoisotopic (exact) mass is 360 g/mol. The Labute approximate surface area is 146 Å². The third-order valence-electron chi connectivity index (χ3n) is 4.62. The molecule has 0 radical (unpaired) electrons. The standard InChI is InChI=1S/C17H24BF3O4/c1-14(2,22)11-7-8-12(13(9-11)23-10-17(19,20)21)18-24-15(3,4)16(5,6)25-18/h7-9,22H,10H2,1-6H3. The predicted octanol–water partition coefficient (Wildman–Crippen LogP) is 3.15. The highest BCUT2D eigenvalue weighted by molar-refractivity contribution is 6.63. The number of benzene rings is 1. The molecule has 1 N–H and O–H groups in total. The second kappa shape index (κ2) is 6.18. The Morgan fingerprint density at radius 2 is 1.60 bits per heavy atom. The molecule has 4 nitrogen and oxygen atoms in total. The molecular weight excluding hydrogens is 336 g/mol. The maximum atomic E-state index is 12.6. The molecule has 2 rings (SSSR count). The second-order valence-electron chi connectivity index (χ2n) is 7.80. The van der Waals surface area contributed by atoms with Gasteiger partial charge in [-0.3, -0.25) is 0 Å². The minimum absolute atomic E-state index is 0.0181. The third-order valence-corrected chi connectivity index (χ3v) is 4.62. The summed E-state index contributed by atoms with van der Waals surface area (Å²) in [5, 5.41) is 10.1. The summed E-state index contributed by atoms with van der Waals surface area (Å²) in [4.78, 5) is 0. The van der Waals surface area contributed by atoms with Gasteiger partial charge in [-0.1, -0.05) is 12.1 Å². The fraction of sp³-hybridized carbons (Fsp3) is 0.647. The number of hydrogen-bond acceptors (Lipinski definition) is 4. The van der Waals surface area contributed by atoms with Gasteiger partial charge >= 0.3 is 13.3 Å². The molecule has 0 aliphatic carbocycles. The summed E-state index contributed by atoms with van der Waals surface area (Å²) in [6.45, 7) is 9.08. The van der Waals surface area contributed by atoms with E-state index in [0.29, 0.717) is 11.0 Å². The van der Waals surface area contributed by atoms with Gasteiger partial charge in [0.2, 0.25) is 0 Å². The van der Waals surface area contributed by atoms with Crippen molar-refractivity contribution in [1.29, 1.82) is 0 Å². The first kappa shape index (κ1) is 20.1. The van der Waals surface area contributed by atoms with E-state index in [1.807, 2.05) is 27.7 Å². The number of rotatable bonds is 4. The van der Waals surface area contributed by atoms with Crippen molar-refractivity contribution in [2.75, 3.05) is 6.61 Å². The van der Waals surface area contributed by atoms with E-state index >= 15 is 0 Å². The summed E-state index contributed by atoms with van der Waals surface area (Å²) in [5.74, 6) is -0.0181. The van der Waals surface area contributed by atoms with Crippen molar-refractivity contribution in [2.24, 2.45) is 0 Å². The van der Waals surface area contributed by atoms with Crippen molar-refractivity contribution in [3.8, 4) is 5.75 Å². The van der Waals surface area contributed by atoms with Gasteiger partial charge in [0.1, 0.15) is 5.75 Å². The number of halogens is 3. The lowest BCUT2D eigenvalue weighted by molar-refractivity contribution is -0.153. The number of ether oxygens (including phenoxy) is 1. The maximum Gasteiger partial charge on any atom is 0.498 e. The van der Waals surface area contributed by atoms with Gasteiger partial charge in [-0.05, 0) is 53.2 Å². The molecule has 140 valence electrons. The van der Waals surface area contributed by atoms with Crippen LogP contribution in [-0.2, 0) is 14.9 Å². The molecule has 1 saturated heterocycles. The summed E-state index contributed by atoms with van der Waals surface area (Å²) in [7, 11) is -0.857. The molecule has 0 spiro atoms. The molecule has 1 aromatic carbocycles. The van der Waals surface area contributed by atoms with Gasteiger partial charge < -0.3 is 19.2 Å². The topological polar surface area (TPSA) is 47.9 Å². The fourth-order valence-electron chi connectivity index (χ4n) is 2.36. The summed E-state index contributed by atoms with van der Waals surface area (Å²) < 4.78 is 54.6. The molecule has 0 saturated carbocycles. The average molecular weight is 360 g/mol. The predicted molar refractivity (Wildman–Crippen MR) is 89.0 cm³/mol. The van der Waals surface area contributed by atoms with Crippen molar-refractivity contribution in [1.82, 2.24) is 0 Å². The van der Waals surface area contributed by atoms with Gasteiger partial charge in [0.25, 0.3) is 0 Å². The molecule has 0 aromatic heterocycles. The molecule has 1 aliphatic heterocycles. The van der Waals surface area contributed by atoms with Crippen LogP contribution in [0.15, 0.2) is 18.2 Å². The van der Waals surface area contributed by atoms with Crippen LogP contribution in [0.1, 0.15) is 47.1 Å². The van der Waals surface area contributed by atoms with Crippen LogP contribution in [0.3, 0.4) is 0 Å². The Morgan fingerprint density at radius 3 is 2.04 bits per heavy atom. The lowest BCUT2D eigenvalue weighted by Crippen LogP contribution is -2.41. The van der Waals surface area contributed by atoms with E-state index in [2.05, 4.69) is 0 Å². The van der Waals surface area contributed by atoms with E-state index in [1.165, 1.54) is 6.07 Å². The zero-order valence-corrected chi connectivity index (χ0v) is 15.3. The first-order chi connectivity index (χ1) is 11.1. The zero-order valence-electron chi connectivity index (χ0n) is 15.3. The highest BCUT2D eigenvalue weighted by Gasteiger charge is 2.52. The van der Waals surface area contributed by atoms with Crippen LogP contribution in [0.5, 0.6) is 5.75 Å². The van der Waals surface area contributed by atoms with Gasteiger partial charge in [0.05, 0.1) is 16.8 Å². The number of aliphatic hydroxyl groups is 1. The van der Waals surface area contributed by atoms with Crippen LogP contribution in [0.25, 0.3) is 0 Å². The fourth-order valence-corrected chi connectivity index (χ4v) is 2.36. The van der Waals surface area contributed by atoms with Crippen LogP contribution in [0.4, 0.5) is 13.2 Å². The lowest BCUT2D eigenvalue weighted by Gasteiger charge is -2.32. The quantitative estimate of drug-likeness (QED) is 0.839. The van der Waals surface area contributed by atoms with Gasteiger partial charge in [0, 0.05) is 5.46 Å². The van der Waals surface area contributed by atoms with Crippen LogP contribution in [0.2, 0.25) is 0 Å². The van der Waals surface area contributed by atoms with Gasteiger partial charge in [0.15, 0.2) is 6.61 Å². The van der Waals surface area contributed by atoms with Crippen LogP contribution in [0, 0.1) is 0 Å². The van der Waals surface area contributed by atoms with Gasteiger partial charge in [-0.2, -0.15) is 13.2 Å². The number of alkyl halides is 3. The Morgan fingerprint density at radius 1 is 1.08 bits per heavy atom. The Hall–Kier alpha value is -1.25. The average Bonchev–Trinajstić information content (AvgIpc) is 2.63. The van der Waals surface area contributed by atoms with E-state index in [1.54, 1.807) is 26.0 Å². The smallest absolute Gasteiger partial charge is 0.484 e. The van der Waals surface area contributed by atoms with E-state index in [4.69, 9.17) is 14.0 Å². The van der Waals surface area contributed by atoms with E-state index in [9.17, 15) is 18.3 Å². The molecule has 1 fully saturated rings. The molecule has 0 bridgehead atoms. The summed E-state index contributed by atoms with van der Waals surface area (Å²) in [6, 6.07) is 4.59.